The molecule has 1 aliphatic rings. The van der Waals surface area contributed by atoms with E-state index in [9.17, 15) is 14.7 Å². The van der Waals surface area contributed by atoms with Gasteiger partial charge in [-0.2, -0.15) is 0 Å². The van der Waals surface area contributed by atoms with E-state index in [1.165, 1.54) is 0 Å². The lowest BCUT2D eigenvalue weighted by atomic mass is 9.82. The normalized spacial score (nSPS) is 21.1. The second kappa shape index (κ2) is 6.05. The minimum Gasteiger partial charge on any atom is -0.481 e. The van der Waals surface area contributed by atoms with Crippen LogP contribution in [0.15, 0.2) is 30.3 Å². The van der Waals surface area contributed by atoms with Crippen LogP contribution in [0, 0.1) is 0 Å². The number of carboxylic acid groups (broad SMARTS) is 1. The molecule has 1 aliphatic heterocycles. The second-order valence-corrected chi connectivity index (χ2v) is 5.22. The topological polar surface area (TPSA) is 75.6 Å². The molecule has 1 amide bonds. The van der Waals surface area contributed by atoms with Gasteiger partial charge in [0.2, 0.25) is 5.91 Å². The summed E-state index contributed by atoms with van der Waals surface area (Å²) >= 11 is 0. The van der Waals surface area contributed by atoms with Crippen LogP contribution in [-0.2, 0) is 19.7 Å². The summed E-state index contributed by atoms with van der Waals surface area (Å²) in [6.45, 7) is 2.25. The van der Waals surface area contributed by atoms with E-state index in [1.54, 1.807) is 31.2 Å². The summed E-state index contributed by atoms with van der Waals surface area (Å²) in [5, 5.41) is 12.2. The highest BCUT2D eigenvalue weighted by Crippen LogP contribution is 2.23. The monoisotopic (exact) mass is 277 g/mol. The third-order valence-electron chi connectivity index (χ3n) is 3.72. The van der Waals surface area contributed by atoms with Gasteiger partial charge in [-0.25, -0.2) is 0 Å². The lowest BCUT2D eigenvalue weighted by Gasteiger charge is -2.26. The molecule has 5 heteroatoms. The summed E-state index contributed by atoms with van der Waals surface area (Å²) < 4.78 is 5.29. The molecule has 2 N–H and O–H groups in total. The SMILES string of the molecule is CC(CNC(=O)[C@@H]1CCCO1)(C(=O)O)c1ccccc1. The molecule has 20 heavy (non-hydrogen) atoms. The van der Waals surface area contributed by atoms with E-state index in [4.69, 9.17) is 4.74 Å². The highest BCUT2D eigenvalue weighted by atomic mass is 16.5. The van der Waals surface area contributed by atoms with Crippen LogP contribution >= 0.6 is 0 Å². The summed E-state index contributed by atoms with van der Waals surface area (Å²) in [6.07, 6.45) is 1.12. The summed E-state index contributed by atoms with van der Waals surface area (Å²) in [6, 6.07) is 8.92. The van der Waals surface area contributed by atoms with Crippen LogP contribution in [0.25, 0.3) is 0 Å². The summed E-state index contributed by atoms with van der Waals surface area (Å²) in [4.78, 5) is 23.5. The molecular weight excluding hydrogens is 258 g/mol. The fourth-order valence-electron chi connectivity index (χ4n) is 2.27. The molecule has 1 fully saturated rings. The van der Waals surface area contributed by atoms with Crippen molar-refractivity contribution in [2.45, 2.75) is 31.3 Å². The molecule has 1 saturated heterocycles. The Morgan fingerprint density at radius 3 is 2.65 bits per heavy atom. The van der Waals surface area contributed by atoms with E-state index in [0.717, 1.165) is 6.42 Å². The summed E-state index contributed by atoms with van der Waals surface area (Å²) in [5.41, 5.74) is -0.477. The van der Waals surface area contributed by atoms with Crippen molar-refractivity contribution in [2.75, 3.05) is 13.2 Å². The van der Waals surface area contributed by atoms with Gasteiger partial charge in [-0.1, -0.05) is 30.3 Å². The molecule has 0 bridgehead atoms. The quantitative estimate of drug-likeness (QED) is 0.851. The highest BCUT2D eigenvalue weighted by Gasteiger charge is 2.36. The van der Waals surface area contributed by atoms with E-state index in [0.29, 0.717) is 18.6 Å². The van der Waals surface area contributed by atoms with Crippen molar-refractivity contribution in [2.24, 2.45) is 0 Å². The van der Waals surface area contributed by atoms with Crippen molar-refractivity contribution < 1.29 is 19.4 Å². The van der Waals surface area contributed by atoms with Gasteiger partial charge in [0.1, 0.15) is 11.5 Å². The number of carbonyl (C=O) groups is 2. The zero-order valence-electron chi connectivity index (χ0n) is 11.5. The predicted octanol–water partition coefficient (Wildman–Crippen LogP) is 1.32. The molecule has 1 aromatic carbocycles. The van der Waals surface area contributed by atoms with Crippen molar-refractivity contribution in [3.63, 3.8) is 0 Å². The number of benzene rings is 1. The zero-order chi connectivity index (χ0) is 14.6. The van der Waals surface area contributed by atoms with Gasteiger partial charge in [-0.3, -0.25) is 9.59 Å². The molecule has 1 unspecified atom stereocenters. The van der Waals surface area contributed by atoms with E-state index >= 15 is 0 Å². The van der Waals surface area contributed by atoms with Crippen LogP contribution < -0.4 is 5.32 Å². The van der Waals surface area contributed by atoms with Gasteiger partial charge >= 0.3 is 5.97 Å². The number of carbonyl (C=O) groups excluding carboxylic acids is 1. The standard InChI is InChI=1S/C15H19NO4/c1-15(14(18)19,11-6-3-2-4-7-11)10-16-13(17)12-8-5-9-20-12/h2-4,6-7,12H,5,8-10H2,1H3,(H,16,17)(H,18,19)/t12-,15?/m0/s1. The lowest BCUT2D eigenvalue weighted by molar-refractivity contribution is -0.143. The van der Waals surface area contributed by atoms with Gasteiger partial charge in [0.15, 0.2) is 0 Å². The average molecular weight is 277 g/mol. The number of aliphatic carboxylic acids is 1. The number of carboxylic acids is 1. The minimum atomic E-state index is -1.14. The number of rotatable bonds is 5. The second-order valence-electron chi connectivity index (χ2n) is 5.22. The Bertz CT molecular complexity index is 482. The molecule has 1 heterocycles. The predicted molar refractivity (Wildman–Crippen MR) is 73.4 cm³/mol. The van der Waals surface area contributed by atoms with Crippen molar-refractivity contribution in [3.05, 3.63) is 35.9 Å². The van der Waals surface area contributed by atoms with Crippen molar-refractivity contribution in [1.82, 2.24) is 5.32 Å². The lowest BCUT2D eigenvalue weighted by Crippen LogP contribution is -2.46. The Kier molecular flexibility index (Phi) is 4.39. The maximum Gasteiger partial charge on any atom is 0.315 e. The minimum absolute atomic E-state index is 0.0467. The van der Waals surface area contributed by atoms with Crippen LogP contribution in [0.1, 0.15) is 25.3 Å². The highest BCUT2D eigenvalue weighted by molar-refractivity contribution is 5.84. The first-order valence-electron chi connectivity index (χ1n) is 6.72. The molecule has 0 spiro atoms. The maximum atomic E-state index is 11.9. The van der Waals surface area contributed by atoms with Gasteiger partial charge in [-0.05, 0) is 25.3 Å². The third kappa shape index (κ3) is 2.99. The fraction of sp³-hybridized carbons (Fsp3) is 0.467. The van der Waals surface area contributed by atoms with Crippen LogP contribution in [-0.4, -0.2) is 36.2 Å². The molecule has 2 rings (SSSR count). The van der Waals surface area contributed by atoms with Gasteiger partial charge in [-0.15, -0.1) is 0 Å². The average Bonchev–Trinajstić information content (AvgIpc) is 2.99. The molecule has 1 aromatic rings. The van der Waals surface area contributed by atoms with Crippen molar-refractivity contribution >= 4 is 11.9 Å². The Morgan fingerprint density at radius 1 is 1.40 bits per heavy atom. The van der Waals surface area contributed by atoms with E-state index in [-0.39, 0.29) is 12.5 Å². The number of amides is 1. The molecule has 0 radical (unpaired) electrons. The largest absolute Gasteiger partial charge is 0.481 e. The first kappa shape index (κ1) is 14.5. The molecule has 0 saturated carbocycles. The van der Waals surface area contributed by atoms with E-state index in [1.807, 2.05) is 6.07 Å². The van der Waals surface area contributed by atoms with Gasteiger partial charge in [0, 0.05) is 13.2 Å². The number of hydrogen-bond acceptors (Lipinski definition) is 3. The Balaban J connectivity index is 2.06. The summed E-state index contributed by atoms with van der Waals surface area (Å²) in [5.74, 6) is -1.19. The maximum absolute atomic E-state index is 11.9. The van der Waals surface area contributed by atoms with Crippen molar-refractivity contribution in [3.8, 4) is 0 Å². The van der Waals surface area contributed by atoms with Crippen LogP contribution in [0.4, 0.5) is 0 Å². The van der Waals surface area contributed by atoms with Gasteiger partial charge in [0.25, 0.3) is 0 Å². The van der Waals surface area contributed by atoms with Crippen LogP contribution in [0.2, 0.25) is 0 Å². The van der Waals surface area contributed by atoms with Crippen LogP contribution in [0.3, 0.4) is 0 Å². The Hall–Kier alpha value is -1.88. The molecule has 108 valence electrons. The molecular formula is C15H19NO4. The third-order valence-corrected chi connectivity index (χ3v) is 3.72. The molecule has 5 nitrogen and oxygen atoms in total. The zero-order valence-corrected chi connectivity index (χ0v) is 11.5. The van der Waals surface area contributed by atoms with Gasteiger partial charge in [0.05, 0.1) is 0 Å². The van der Waals surface area contributed by atoms with Crippen LogP contribution in [0.5, 0.6) is 0 Å². The van der Waals surface area contributed by atoms with E-state index < -0.39 is 17.5 Å². The smallest absolute Gasteiger partial charge is 0.315 e. The Labute approximate surface area is 117 Å². The molecule has 2 atom stereocenters. The van der Waals surface area contributed by atoms with Crippen molar-refractivity contribution in [1.29, 1.82) is 0 Å². The number of nitrogens with one attached hydrogen (secondary N) is 1. The first-order chi connectivity index (χ1) is 9.54. The number of hydrogen-bond donors (Lipinski definition) is 2. The molecule has 0 aromatic heterocycles. The molecule has 0 aliphatic carbocycles. The summed E-state index contributed by atoms with van der Waals surface area (Å²) in [7, 11) is 0. The van der Waals surface area contributed by atoms with E-state index in [2.05, 4.69) is 5.32 Å². The first-order valence-corrected chi connectivity index (χ1v) is 6.72. The van der Waals surface area contributed by atoms with Gasteiger partial charge < -0.3 is 15.2 Å². The number of ether oxygens (including phenoxy) is 1. The Morgan fingerprint density at radius 2 is 2.10 bits per heavy atom. The fourth-order valence-corrected chi connectivity index (χ4v) is 2.27.